The van der Waals surface area contributed by atoms with E-state index >= 15 is 0 Å². The molecule has 1 aromatic rings. The third kappa shape index (κ3) is 3.84. The van der Waals surface area contributed by atoms with Gasteiger partial charge < -0.3 is 10.2 Å². The highest BCUT2D eigenvalue weighted by Gasteiger charge is 2.35. The lowest BCUT2D eigenvalue weighted by Crippen LogP contribution is -2.44. The summed E-state index contributed by atoms with van der Waals surface area (Å²) in [6.07, 6.45) is 4.15. The van der Waals surface area contributed by atoms with E-state index in [0.29, 0.717) is 11.9 Å². The van der Waals surface area contributed by atoms with Gasteiger partial charge in [0.25, 0.3) is 0 Å². The molecule has 0 bridgehead atoms. The second-order valence-electron chi connectivity index (χ2n) is 6.32. The van der Waals surface area contributed by atoms with Gasteiger partial charge in [-0.15, -0.1) is 12.4 Å². The van der Waals surface area contributed by atoms with Crippen molar-refractivity contribution >= 4 is 34.2 Å². The van der Waals surface area contributed by atoms with Gasteiger partial charge in [-0.05, 0) is 56.8 Å². The number of nitrogens with zero attached hydrogens (tertiary/aromatic N) is 1. The van der Waals surface area contributed by atoms with Gasteiger partial charge in [0, 0.05) is 23.0 Å². The Labute approximate surface area is 147 Å². The van der Waals surface area contributed by atoms with Crippen LogP contribution in [0, 0.1) is 5.92 Å². The van der Waals surface area contributed by atoms with Gasteiger partial charge in [0.15, 0.2) is 0 Å². The molecule has 0 aliphatic carbocycles. The van der Waals surface area contributed by atoms with Crippen molar-refractivity contribution in [3.05, 3.63) is 34.3 Å². The van der Waals surface area contributed by atoms with Crippen molar-refractivity contribution in [2.24, 2.45) is 5.92 Å². The maximum atomic E-state index is 12.9. The van der Waals surface area contributed by atoms with Crippen LogP contribution in [0.1, 0.15) is 44.2 Å². The highest BCUT2D eigenvalue weighted by Crippen LogP contribution is 2.35. The van der Waals surface area contributed by atoms with Crippen molar-refractivity contribution in [2.45, 2.75) is 44.7 Å². The average molecular weight is 388 g/mol. The molecule has 1 unspecified atom stereocenters. The van der Waals surface area contributed by atoms with E-state index in [9.17, 15) is 4.79 Å². The van der Waals surface area contributed by atoms with Crippen LogP contribution in [0.2, 0.25) is 0 Å². The summed E-state index contributed by atoms with van der Waals surface area (Å²) in [5, 5.41) is 3.43. The van der Waals surface area contributed by atoms with E-state index in [0.717, 1.165) is 43.2 Å². The number of hydrogen-bond donors (Lipinski definition) is 1. The van der Waals surface area contributed by atoms with E-state index in [4.69, 9.17) is 0 Å². The molecule has 1 amide bonds. The van der Waals surface area contributed by atoms with Gasteiger partial charge in [-0.25, -0.2) is 0 Å². The molecular weight excluding hydrogens is 364 g/mol. The zero-order valence-electron chi connectivity index (χ0n) is 12.9. The number of rotatable bonds is 2. The van der Waals surface area contributed by atoms with E-state index in [1.165, 1.54) is 5.56 Å². The fourth-order valence-electron chi connectivity index (χ4n) is 3.68. The number of hydrogen-bond acceptors (Lipinski definition) is 2. The van der Waals surface area contributed by atoms with Crippen LogP contribution in [0.15, 0.2) is 28.7 Å². The number of amides is 1. The molecule has 3 rings (SSSR count). The summed E-state index contributed by atoms with van der Waals surface area (Å²) < 4.78 is 1.09. The van der Waals surface area contributed by atoms with E-state index in [-0.39, 0.29) is 24.4 Å². The molecule has 2 fully saturated rings. The first kappa shape index (κ1) is 17.8. The minimum Gasteiger partial charge on any atom is -0.335 e. The first-order chi connectivity index (χ1) is 10.1. The number of benzene rings is 1. The van der Waals surface area contributed by atoms with Crippen LogP contribution in [-0.2, 0) is 4.79 Å². The summed E-state index contributed by atoms with van der Waals surface area (Å²) in [5.41, 5.74) is 1.26. The van der Waals surface area contributed by atoms with Crippen LogP contribution in [0.5, 0.6) is 0 Å². The SMILES string of the molecule is C[C@H]1C[C@@H](C(=O)N2CCCC2c2cccc(Br)c2)CCN1.Cl. The van der Waals surface area contributed by atoms with E-state index in [1.54, 1.807) is 0 Å². The normalized spacial score (nSPS) is 28.3. The van der Waals surface area contributed by atoms with Crippen molar-refractivity contribution < 1.29 is 4.79 Å². The predicted octanol–water partition coefficient (Wildman–Crippen LogP) is 3.92. The summed E-state index contributed by atoms with van der Waals surface area (Å²) >= 11 is 3.54. The Bertz CT molecular complexity index is 525. The summed E-state index contributed by atoms with van der Waals surface area (Å²) in [6, 6.07) is 9.12. The molecule has 2 saturated heterocycles. The van der Waals surface area contributed by atoms with Crippen molar-refractivity contribution in [2.75, 3.05) is 13.1 Å². The molecule has 1 aromatic carbocycles. The second-order valence-corrected chi connectivity index (χ2v) is 7.24. The Kier molecular flexibility index (Phi) is 6.30. The predicted molar refractivity (Wildman–Crippen MR) is 95.3 cm³/mol. The lowest BCUT2D eigenvalue weighted by Gasteiger charge is -2.33. The first-order valence-electron chi connectivity index (χ1n) is 7.94. The summed E-state index contributed by atoms with van der Waals surface area (Å²) in [5.74, 6) is 0.569. The fourth-order valence-corrected chi connectivity index (χ4v) is 4.10. The summed E-state index contributed by atoms with van der Waals surface area (Å²) in [6.45, 7) is 4.05. The molecule has 0 spiro atoms. The van der Waals surface area contributed by atoms with Crippen LogP contribution < -0.4 is 5.32 Å². The zero-order valence-corrected chi connectivity index (χ0v) is 15.3. The number of carbonyl (C=O) groups is 1. The Morgan fingerprint density at radius 3 is 2.91 bits per heavy atom. The monoisotopic (exact) mass is 386 g/mol. The number of likely N-dealkylation sites (tertiary alicyclic amines) is 1. The van der Waals surface area contributed by atoms with Crippen molar-refractivity contribution in [1.29, 1.82) is 0 Å². The molecule has 122 valence electrons. The molecule has 2 heterocycles. The standard InChI is InChI=1S/C17H23BrN2O.ClH/c1-12-10-14(7-8-19-12)17(21)20-9-3-6-16(20)13-4-2-5-15(18)11-13;/h2,4-5,11-12,14,16,19H,3,6-10H2,1H3;1H/t12-,14-,16?;/m0./s1. The molecule has 2 aliphatic rings. The van der Waals surface area contributed by atoms with E-state index in [2.05, 4.69) is 51.3 Å². The second kappa shape index (κ2) is 7.80. The van der Waals surface area contributed by atoms with Gasteiger partial charge >= 0.3 is 0 Å². The number of carbonyl (C=O) groups excluding carboxylic acids is 1. The van der Waals surface area contributed by atoms with E-state index in [1.807, 2.05) is 6.07 Å². The highest BCUT2D eigenvalue weighted by atomic mass is 79.9. The smallest absolute Gasteiger partial charge is 0.226 e. The van der Waals surface area contributed by atoms with Gasteiger partial charge in [0.2, 0.25) is 5.91 Å². The lowest BCUT2D eigenvalue weighted by molar-refractivity contribution is -0.137. The van der Waals surface area contributed by atoms with Gasteiger partial charge in [-0.3, -0.25) is 4.79 Å². The first-order valence-corrected chi connectivity index (χ1v) is 8.74. The molecule has 2 aliphatic heterocycles. The molecule has 22 heavy (non-hydrogen) atoms. The van der Waals surface area contributed by atoms with E-state index < -0.39 is 0 Å². The van der Waals surface area contributed by atoms with Gasteiger partial charge in [-0.1, -0.05) is 28.1 Å². The molecule has 5 heteroatoms. The summed E-state index contributed by atoms with van der Waals surface area (Å²) in [4.78, 5) is 15.0. The maximum Gasteiger partial charge on any atom is 0.226 e. The van der Waals surface area contributed by atoms with Crippen LogP contribution in [0.3, 0.4) is 0 Å². The number of halogens is 2. The van der Waals surface area contributed by atoms with Gasteiger partial charge in [0.05, 0.1) is 6.04 Å². The molecule has 0 radical (unpaired) electrons. The van der Waals surface area contributed by atoms with Gasteiger partial charge in [0.1, 0.15) is 0 Å². The molecule has 3 atom stereocenters. The third-order valence-corrected chi connectivity index (χ3v) is 5.24. The lowest BCUT2D eigenvalue weighted by atomic mass is 9.91. The van der Waals surface area contributed by atoms with Crippen molar-refractivity contribution in [3.8, 4) is 0 Å². The Morgan fingerprint density at radius 2 is 2.18 bits per heavy atom. The van der Waals surface area contributed by atoms with Crippen molar-refractivity contribution in [3.63, 3.8) is 0 Å². The molecule has 0 aromatic heterocycles. The fraction of sp³-hybridized carbons (Fsp3) is 0.588. The minimum absolute atomic E-state index is 0. The number of piperidine rings is 1. The Hall–Kier alpha value is -0.580. The molecule has 3 nitrogen and oxygen atoms in total. The Balaban J connectivity index is 0.00000176. The maximum absolute atomic E-state index is 12.9. The summed E-state index contributed by atoms with van der Waals surface area (Å²) in [7, 11) is 0. The molecular formula is C17H24BrClN2O. The van der Waals surface area contributed by atoms with Gasteiger partial charge in [-0.2, -0.15) is 0 Å². The third-order valence-electron chi connectivity index (χ3n) is 4.74. The van der Waals surface area contributed by atoms with Crippen LogP contribution in [0.25, 0.3) is 0 Å². The largest absolute Gasteiger partial charge is 0.335 e. The van der Waals surface area contributed by atoms with Crippen LogP contribution in [0.4, 0.5) is 0 Å². The zero-order chi connectivity index (χ0) is 14.8. The average Bonchev–Trinajstić information content (AvgIpc) is 2.96. The minimum atomic E-state index is 0. The van der Waals surface area contributed by atoms with Crippen LogP contribution >= 0.6 is 28.3 Å². The highest BCUT2D eigenvalue weighted by molar-refractivity contribution is 9.10. The van der Waals surface area contributed by atoms with Crippen LogP contribution in [-0.4, -0.2) is 29.9 Å². The van der Waals surface area contributed by atoms with Crippen molar-refractivity contribution in [1.82, 2.24) is 10.2 Å². The quantitative estimate of drug-likeness (QED) is 0.834. The molecule has 0 saturated carbocycles. The molecule has 1 N–H and O–H groups in total. The Morgan fingerprint density at radius 1 is 1.36 bits per heavy atom. The number of nitrogens with one attached hydrogen (secondary N) is 1. The topological polar surface area (TPSA) is 32.3 Å².